The molecule has 0 aromatic carbocycles. The highest BCUT2D eigenvalue weighted by Crippen LogP contribution is 2.13. The Labute approximate surface area is 98.8 Å². The molecule has 0 bridgehead atoms. The second-order valence-electron chi connectivity index (χ2n) is 4.56. The van der Waals surface area contributed by atoms with Crippen LogP contribution in [0.4, 0.5) is 0 Å². The van der Waals surface area contributed by atoms with Gasteiger partial charge in [0.15, 0.2) is 0 Å². The molecule has 0 spiro atoms. The van der Waals surface area contributed by atoms with Gasteiger partial charge in [-0.15, -0.1) is 0 Å². The van der Waals surface area contributed by atoms with Crippen LogP contribution < -0.4 is 5.73 Å². The van der Waals surface area contributed by atoms with Crippen LogP contribution >= 0.6 is 0 Å². The van der Waals surface area contributed by atoms with Gasteiger partial charge in [0.1, 0.15) is 0 Å². The van der Waals surface area contributed by atoms with Crippen molar-refractivity contribution in [2.24, 2.45) is 17.6 Å². The second-order valence-corrected chi connectivity index (χ2v) is 4.56. The Morgan fingerprint density at radius 1 is 1.44 bits per heavy atom. The number of nitrogens with two attached hydrogens (primary N) is 1. The number of rotatable bonds is 8. The first-order valence-corrected chi connectivity index (χ1v) is 6.16. The van der Waals surface area contributed by atoms with E-state index in [-0.39, 0.29) is 18.4 Å². The molecule has 0 rings (SSSR count). The van der Waals surface area contributed by atoms with Crippen LogP contribution in [0.5, 0.6) is 0 Å². The van der Waals surface area contributed by atoms with Crippen molar-refractivity contribution in [3.8, 4) is 0 Å². The van der Waals surface area contributed by atoms with Crippen LogP contribution in [0.15, 0.2) is 0 Å². The molecule has 1 unspecified atom stereocenters. The van der Waals surface area contributed by atoms with E-state index < -0.39 is 0 Å². The highest BCUT2D eigenvalue weighted by Gasteiger charge is 2.22. The molecule has 0 aromatic rings. The van der Waals surface area contributed by atoms with E-state index >= 15 is 0 Å². The quantitative estimate of drug-likeness (QED) is 0.649. The molecule has 0 heterocycles. The van der Waals surface area contributed by atoms with E-state index in [1.54, 1.807) is 4.90 Å². The summed E-state index contributed by atoms with van der Waals surface area (Å²) >= 11 is 0. The smallest absolute Gasteiger partial charge is 0.226 e. The minimum absolute atomic E-state index is 0.0707. The van der Waals surface area contributed by atoms with Gasteiger partial charge in [-0.05, 0) is 25.7 Å². The molecule has 0 aliphatic rings. The summed E-state index contributed by atoms with van der Waals surface area (Å²) in [6.45, 7) is 8.00. The van der Waals surface area contributed by atoms with Gasteiger partial charge < -0.3 is 15.7 Å². The molecule has 0 fully saturated rings. The molecule has 0 saturated carbocycles. The Morgan fingerprint density at radius 3 is 2.44 bits per heavy atom. The zero-order valence-electron chi connectivity index (χ0n) is 10.8. The summed E-state index contributed by atoms with van der Waals surface area (Å²) in [4.78, 5) is 13.9. The molecule has 3 N–H and O–H groups in total. The van der Waals surface area contributed by atoms with Gasteiger partial charge in [-0.2, -0.15) is 0 Å². The number of carbonyl (C=O) groups excluding carboxylic acids is 1. The van der Waals surface area contributed by atoms with Gasteiger partial charge in [0.05, 0.1) is 5.92 Å². The number of aliphatic hydroxyl groups excluding tert-OH is 1. The minimum Gasteiger partial charge on any atom is -0.396 e. The van der Waals surface area contributed by atoms with Crippen molar-refractivity contribution in [1.29, 1.82) is 0 Å². The summed E-state index contributed by atoms with van der Waals surface area (Å²) in [6.07, 6.45) is 1.48. The number of nitrogens with zero attached hydrogens (tertiary/aromatic N) is 1. The van der Waals surface area contributed by atoms with Gasteiger partial charge in [0, 0.05) is 26.2 Å². The number of hydrogen-bond acceptors (Lipinski definition) is 3. The van der Waals surface area contributed by atoms with Crippen LogP contribution in [0, 0.1) is 11.8 Å². The number of hydrogen-bond donors (Lipinski definition) is 2. The van der Waals surface area contributed by atoms with E-state index in [2.05, 4.69) is 13.8 Å². The summed E-state index contributed by atoms with van der Waals surface area (Å²) in [6, 6.07) is 0. The van der Waals surface area contributed by atoms with Crippen molar-refractivity contribution in [2.75, 3.05) is 26.2 Å². The Kier molecular flexibility index (Phi) is 8.21. The van der Waals surface area contributed by atoms with Crippen molar-refractivity contribution in [3.05, 3.63) is 0 Å². The Balaban J connectivity index is 4.32. The fraction of sp³-hybridized carbons (Fsp3) is 0.917. The lowest BCUT2D eigenvalue weighted by atomic mass is 9.96. The maximum Gasteiger partial charge on any atom is 0.226 e. The van der Waals surface area contributed by atoms with Crippen LogP contribution in [-0.4, -0.2) is 42.2 Å². The lowest BCUT2D eigenvalue weighted by Gasteiger charge is -2.26. The minimum atomic E-state index is -0.0707. The zero-order chi connectivity index (χ0) is 12.6. The molecule has 0 aliphatic carbocycles. The molecular formula is C12H26N2O2. The first-order chi connectivity index (χ1) is 7.56. The molecule has 16 heavy (non-hydrogen) atoms. The molecule has 1 amide bonds. The van der Waals surface area contributed by atoms with Gasteiger partial charge >= 0.3 is 0 Å². The monoisotopic (exact) mass is 230 g/mol. The third kappa shape index (κ3) is 5.47. The Bertz CT molecular complexity index is 195. The largest absolute Gasteiger partial charge is 0.396 e. The van der Waals surface area contributed by atoms with Crippen molar-refractivity contribution in [3.63, 3.8) is 0 Å². The summed E-state index contributed by atoms with van der Waals surface area (Å²) < 4.78 is 0. The topological polar surface area (TPSA) is 66.6 Å². The van der Waals surface area contributed by atoms with Crippen LogP contribution in [0.3, 0.4) is 0 Å². The van der Waals surface area contributed by atoms with Crippen LogP contribution in [0.2, 0.25) is 0 Å². The van der Waals surface area contributed by atoms with E-state index in [0.717, 1.165) is 6.42 Å². The summed E-state index contributed by atoms with van der Waals surface area (Å²) in [7, 11) is 0. The van der Waals surface area contributed by atoms with Gasteiger partial charge in [0.2, 0.25) is 5.91 Å². The van der Waals surface area contributed by atoms with E-state index in [1.165, 1.54) is 0 Å². The van der Waals surface area contributed by atoms with Gasteiger partial charge in [-0.3, -0.25) is 4.79 Å². The lowest BCUT2D eigenvalue weighted by molar-refractivity contribution is -0.135. The zero-order valence-corrected chi connectivity index (χ0v) is 10.8. The number of aliphatic hydroxyl groups is 1. The maximum atomic E-state index is 12.1. The highest BCUT2D eigenvalue weighted by molar-refractivity contribution is 5.79. The van der Waals surface area contributed by atoms with E-state index in [4.69, 9.17) is 10.8 Å². The molecular weight excluding hydrogens is 204 g/mol. The van der Waals surface area contributed by atoms with Crippen LogP contribution in [0.1, 0.15) is 33.6 Å². The molecule has 0 aromatic heterocycles. The predicted molar refractivity (Wildman–Crippen MR) is 66.0 cm³/mol. The third-order valence-electron chi connectivity index (χ3n) is 2.67. The Hall–Kier alpha value is -0.610. The van der Waals surface area contributed by atoms with E-state index in [0.29, 0.717) is 32.0 Å². The molecule has 1 atom stereocenters. The first kappa shape index (κ1) is 15.4. The molecule has 96 valence electrons. The van der Waals surface area contributed by atoms with Crippen molar-refractivity contribution in [1.82, 2.24) is 4.90 Å². The van der Waals surface area contributed by atoms with Gasteiger partial charge in [-0.1, -0.05) is 13.8 Å². The maximum absolute atomic E-state index is 12.1. The summed E-state index contributed by atoms with van der Waals surface area (Å²) in [5.74, 6) is 0.542. The second kappa shape index (κ2) is 8.53. The first-order valence-electron chi connectivity index (χ1n) is 6.16. The van der Waals surface area contributed by atoms with Crippen molar-refractivity contribution < 1.29 is 9.90 Å². The van der Waals surface area contributed by atoms with Gasteiger partial charge in [-0.25, -0.2) is 0 Å². The molecule has 0 aliphatic heterocycles. The van der Waals surface area contributed by atoms with Crippen molar-refractivity contribution in [2.45, 2.75) is 33.6 Å². The van der Waals surface area contributed by atoms with Crippen LogP contribution in [-0.2, 0) is 4.79 Å². The average Bonchev–Trinajstić information content (AvgIpc) is 2.26. The average molecular weight is 230 g/mol. The van der Waals surface area contributed by atoms with E-state index in [1.807, 2.05) is 6.92 Å². The highest BCUT2D eigenvalue weighted by atomic mass is 16.3. The fourth-order valence-corrected chi connectivity index (χ4v) is 1.81. The summed E-state index contributed by atoms with van der Waals surface area (Å²) in [5.41, 5.74) is 5.65. The van der Waals surface area contributed by atoms with Crippen LogP contribution in [0.25, 0.3) is 0 Å². The molecule has 4 nitrogen and oxygen atoms in total. The van der Waals surface area contributed by atoms with Gasteiger partial charge in [0.25, 0.3) is 0 Å². The third-order valence-corrected chi connectivity index (χ3v) is 2.67. The number of carbonyl (C=O) groups is 1. The molecule has 0 radical (unpaired) electrons. The predicted octanol–water partition coefficient (Wildman–Crippen LogP) is 0.838. The normalized spacial score (nSPS) is 12.9. The lowest BCUT2D eigenvalue weighted by Crippen LogP contribution is -2.40. The molecule has 0 saturated heterocycles. The van der Waals surface area contributed by atoms with E-state index in [9.17, 15) is 4.79 Å². The summed E-state index contributed by atoms with van der Waals surface area (Å²) in [5, 5.41) is 8.77. The molecule has 4 heteroatoms. The van der Waals surface area contributed by atoms with Crippen molar-refractivity contribution >= 4 is 5.91 Å². The number of amides is 1. The standard InChI is InChI=1S/C12H26N2O2/c1-4-14(6-5-7-15)12(16)11(9-13)8-10(2)3/h10-11,15H,4-9,13H2,1-3H3. The fourth-order valence-electron chi connectivity index (χ4n) is 1.81. The SMILES string of the molecule is CCN(CCCO)C(=O)C(CN)CC(C)C. The Morgan fingerprint density at radius 2 is 2.06 bits per heavy atom.